The van der Waals surface area contributed by atoms with Crippen LogP contribution < -0.4 is 4.90 Å². The minimum Gasteiger partial charge on any atom is -0.394 e. The maximum Gasteiger partial charge on any atom is 0.417 e. The van der Waals surface area contributed by atoms with Crippen molar-refractivity contribution in [3.05, 3.63) is 29.3 Å². The zero-order valence-electron chi connectivity index (χ0n) is 10.1. The van der Waals surface area contributed by atoms with Crippen LogP contribution in [0.15, 0.2) is 18.2 Å². The van der Waals surface area contributed by atoms with Crippen molar-refractivity contribution in [2.75, 3.05) is 18.1 Å². The third-order valence-corrected chi connectivity index (χ3v) is 3.35. The Hall–Kier alpha value is -1.74. The maximum absolute atomic E-state index is 12.7. The van der Waals surface area contributed by atoms with Crippen LogP contribution in [0.2, 0.25) is 0 Å². The van der Waals surface area contributed by atoms with Crippen molar-refractivity contribution >= 4 is 5.69 Å². The van der Waals surface area contributed by atoms with E-state index in [4.69, 9.17) is 5.26 Å². The second-order valence-corrected chi connectivity index (χ2v) is 4.51. The fourth-order valence-electron chi connectivity index (χ4n) is 2.42. The molecule has 0 amide bonds. The third kappa shape index (κ3) is 2.66. The molecule has 3 nitrogen and oxygen atoms in total. The first-order chi connectivity index (χ1) is 8.97. The number of aliphatic hydroxyl groups excluding tert-OH is 1. The van der Waals surface area contributed by atoms with Crippen LogP contribution >= 0.6 is 0 Å². The van der Waals surface area contributed by atoms with Crippen molar-refractivity contribution in [3.63, 3.8) is 0 Å². The fourth-order valence-corrected chi connectivity index (χ4v) is 2.42. The van der Waals surface area contributed by atoms with E-state index in [0.717, 1.165) is 18.9 Å². The van der Waals surface area contributed by atoms with Gasteiger partial charge in [-0.3, -0.25) is 0 Å². The highest BCUT2D eigenvalue weighted by Gasteiger charge is 2.34. The molecule has 0 bridgehead atoms. The van der Waals surface area contributed by atoms with Gasteiger partial charge in [-0.2, -0.15) is 18.4 Å². The average Bonchev–Trinajstić information content (AvgIpc) is 2.85. The summed E-state index contributed by atoms with van der Waals surface area (Å²) in [7, 11) is 0. The number of rotatable bonds is 2. The van der Waals surface area contributed by atoms with Crippen LogP contribution in [0.1, 0.15) is 24.0 Å². The molecule has 1 aromatic rings. The Morgan fingerprint density at radius 2 is 2.16 bits per heavy atom. The van der Waals surface area contributed by atoms with Gasteiger partial charge < -0.3 is 10.0 Å². The monoisotopic (exact) mass is 270 g/mol. The predicted octanol–water partition coefficient (Wildman–Crippen LogP) is 2.54. The topological polar surface area (TPSA) is 47.3 Å². The molecule has 1 fully saturated rings. The molecule has 102 valence electrons. The number of benzene rings is 1. The van der Waals surface area contributed by atoms with E-state index >= 15 is 0 Å². The maximum atomic E-state index is 12.7. The van der Waals surface area contributed by atoms with Crippen molar-refractivity contribution in [2.45, 2.75) is 25.1 Å². The highest BCUT2D eigenvalue weighted by Crippen LogP contribution is 2.35. The highest BCUT2D eigenvalue weighted by molar-refractivity contribution is 5.56. The number of nitriles is 1. The molecule has 1 aliphatic rings. The number of anilines is 1. The molecule has 1 saturated heterocycles. The molecule has 1 heterocycles. The first-order valence-electron chi connectivity index (χ1n) is 5.96. The number of hydrogen-bond acceptors (Lipinski definition) is 3. The minimum atomic E-state index is -4.52. The summed E-state index contributed by atoms with van der Waals surface area (Å²) in [6.45, 7) is 0.643. The Labute approximate surface area is 108 Å². The summed E-state index contributed by atoms with van der Waals surface area (Å²) >= 11 is 0. The molecule has 0 aromatic heterocycles. The van der Waals surface area contributed by atoms with Gasteiger partial charge in [0.25, 0.3) is 0 Å². The van der Waals surface area contributed by atoms with Gasteiger partial charge in [0.15, 0.2) is 0 Å². The standard InChI is InChI=1S/C13H13F3N2O/c14-13(15,16)12-4-3-10(6-9(12)7-17)18-5-1-2-11(18)8-19/h3-4,6,11,19H,1-2,5,8H2. The summed E-state index contributed by atoms with van der Waals surface area (Å²) < 4.78 is 38.0. The van der Waals surface area contributed by atoms with Gasteiger partial charge in [-0.05, 0) is 31.0 Å². The number of halogens is 3. The summed E-state index contributed by atoms with van der Waals surface area (Å²) in [5.74, 6) is 0. The van der Waals surface area contributed by atoms with E-state index in [1.807, 2.05) is 4.90 Å². The molecule has 1 unspecified atom stereocenters. The Morgan fingerprint density at radius 1 is 1.42 bits per heavy atom. The van der Waals surface area contributed by atoms with E-state index in [1.54, 1.807) is 6.07 Å². The Bertz CT molecular complexity index is 508. The van der Waals surface area contributed by atoms with E-state index < -0.39 is 11.7 Å². The van der Waals surface area contributed by atoms with Crippen LogP contribution in [0.3, 0.4) is 0 Å². The molecule has 2 rings (SSSR count). The zero-order valence-corrected chi connectivity index (χ0v) is 10.1. The summed E-state index contributed by atoms with van der Waals surface area (Å²) in [5.41, 5.74) is -0.742. The quantitative estimate of drug-likeness (QED) is 0.898. The Balaban J connectivity index is 2.38. The summed E-state index contributed by atoms with van der Waals surface area (Å²) in [4.78, 5) is 1.85. The van der Waals surface area contributed by atoms with Gasteiger partial charge in [0.1, 0.15) is 0 Å². The van der Waals surface area contributed by atoms with Crippen LogP contribution in [-0.2, 0) is 6.18 Å². The van der Waals surface area contributed by atoms with E-state index in [9.17, 15) is 18.3 Å². The summed E-state index contributed by atoms with van der Waals surface area (Å²) in [6.07, 6.45) is -2.83. The number of nitrogens with zero attached hydrogens (tertiary/aromatic N) is 2. The van der Waals surface area contributed by atoms with Crippen molar-refractivity contribution in [1.29, 1.82) is 5.26 Å². The molecule has 1 aromatic carbocycles. The molecular formula is C13H13F3N2O. The second kappa shape index (κ2) is 5.10. The first kappa shape index (κ1) is 13.7. The SMILES string of the molecule is N#Cc1cc(N2CCCC2CO)ccc1C(F)(F)F. The Kier molecular flexibility index (Phi) is 3.67. The molecule has 6 heteroatoms. The van der Waals surface area contributed by atoms with Crippen molar-refractivity contribution in [1.82, 2.24) is 0 Å². The van der Waals surface area contributed by atoms with Crippen LogP contribution in [0.5, 0.6) is 0 Å². The van der Waals surface area contributed by atoms with Gasteiger partial charge in [0.2, 0.25) is 0 Å². The van der Waals surface area contributed by atoms with Crippen LogP contribution in [0, 0.1) is 11.3 Å². The fraction of sp³-hybridized carbons (Fsp3) is 0.462. The molecule has 1 aliphatic heterocycles. The largest absolute Gasteiger partial charge is 0.417 e. The van der Waals surface area contributed by atoms with Crippen molar-refractivity contribution < 1.29 is 18.3 Å². The van der Waals surface area contributed by atoms with Crippen LogP contribution in [0.25, 0.3) is 0 Å². The summed E-state index contributed by atoms with van der Waals surface area (Å²) in [5, 5.41) is 18.1. The van der Waals surface area contributed by atoms with E-state index in [-0.39, 0.29) is 18.2 Å². The predicted molar refractivity (Wildman–Crippen MR) is 63.6 cm³/mol. The smallest absolute Gasteiger partial charge is 0.394 e. The van der Waals surface area contributed by atoms with Gasteiger partial charge >= 0.3 is 6.18 Å². The van der Waals surface area contributed by atoms with Gasteiger partial charge in [0.05, 0.1) is 29.8 Å². The average molecular weight is 270 g/mol. The normalized spacial score (nSPS) is 19.5. The van der Waals surface area contributed by atoms with Gasteiger partial charge in [0, 0.05) is 12.2 Å². The summed E-state index contributed by atoms with van der Waals surface area (Å²) in [6, 6.07) is 5.05. The van der Waals surface area contributed by atoms with E-state index in [2.05, 4.69) is 0 Å². The van der Waals surface area contributed by atoms with Gasteiger partial charge in [-0.25, -0.2) is 0 Å². The van der Waals surface area contributed by atoms with Crippen LogP contribution in [0.4, 0.5) is 18.9 Å². The highest BCUT2D eigenvalue weighted by atomic mass is 19.4. The molecule has 1 atom stereocenters. The molecule has 0 aliphatic carbocycles. The zero-order chi connectivity index (χ0) is 14.0. The number of alkyl halides is 3. The molecule has 0 spiro atoms. The third-order valence-electron chi connectivity index (χ3n) is 3.35. The number of aliphatic hydroxyl groups is 1. The second-order valence-electron chi connectivity index (χ2n) is 4.51. The van der Waals surface area contributed by atoms with Gasteiger partial charge in [-0.15, -0.1) is 0 Å². The van der Waals surface area contributed by atoms with E-state index in [1.165, 1.54) is 12.1 Å². The molecule has 0 radical (unpaired) electrons. The lowest BCUT2D eigenvalue weighted by atomic mass is 10.1. The van der Waals surface area contributed by atoms with Crippen molar-refractivity contribution in [2.24, 2.45) is 0 Å². The minimum absolute atomic E-state index is 0.0388. The lowest BCUT2D eigenvalue weighted by molar-refractivity contribution is -0.137. The Morgan fingerprint density at radius 3 is 2.74 bits per heavy atom. The van der Waals surface area contributed by atoms with Crippen molar-refractivity contribution in [3.8, 4) is 6.07 Å². The lowest BCUT2D eigenvalue weighted by Gasteiger charge is -2.26. The van der Waals surface area contributed by atoms with E-state index in [0.29, 0.717) is 12.2 Å². The van der Waals surface area contributed by atoms with Gasteiger partial charge in [-0.1, -0.05) is 0 Å². The van der Waals surface area contributed by atoms with Crippen LogP contribution in [-0.4, -0.2) is 24.3 Å². The lowest BCUT2D eigenvalue weighted by Crippen LogP contribution is -2.32. The number of hydrogen-bond donors (Lipinski definition) is 1. The molecule has 1 N–H and O–H groups in total. The first-order valence-corrected chi connectivity index (χ1v) is 5.96. The molecular weight excluding hydrogens is 257 g/mol. The molecule has 19 heavy (non-hydrogen) atoms. The molecule has 0 saturated carbocycles.